The lowest BCUT2D eigenvalue weighted by atomic mass is 10.2. The molecule has 0 saturated heterocycles. The monoisotopic (exact) mass is 222 g/mol. The second-order valence-corrected chi connectivity index (χ2v) is 4.03. The molecule has 2 N–H and O–H groups in total. The van der Waals surface area contributed by atoms with E-state index in [0.29, 0.717) is 6.04 Å². The van der Waals surface area contributed by atoms with Gasteiger partial charge in [-0.1, -0.05) is 37.3 Å². The van der Waals surface area contributed by atoms with E-state index in [1.54, 1.807) is 0 Å². The van der Waals surface area contributed by atoms with Gasteiger partial charge in [-0.25, -0.2) is 0 Å². The largest absolute Gasteiger partial charge is 0.360 e. The first-order chi connectivity index (χ1) is 7.22. The molecule has 0 radical (unpaired) electrons. The molecule has 0 heterocycles. The molecule has 1 unspecified atom stereocenters. The van der Waals surface area contributed by atoms with Crippen molar-refractivity contribution in [2.45, 2.75) is 32.9 Å². The predicted octanol–water partition coefficient (Wildman–Crippen LogP) is 2.45. The van der Waals surface area contributed by atoms with Crippen LogP contribution in [-0.4, -0.2) is 11.2 Å². The van der Waals surface area contributed by atoms with Crippen molar-refractivity contribution in [1.82, 2.24) is 10.6 Å². The van der Waals surface area contributed by atoms with Gasteiger partial charge in [0.25, 0.3) is 0 Å². The minimum Gasteiger partial charge on any atom is -0.360 e. The number of hydrogen-bond donors (Lipinski definition) is 2. The lowest BCUT2D eigenvalue weighted by molar-refractivity contribution is 0.632. The van der Waals surface area contributed by atoms with E-state index in [4.69, 9.17) is 12.2 Å². The van der Waals surface area contributed by atoms with Crippen LogP contribution in [0.2, 0.25) is 0 Å². The second kappa shape index (κ2) is 6.40. The maximum absolute atomic E-state index is 5.17. The third kappa shape index (κ3) is 4.79. The molecule has 0 aromatic heterocycles. The number of hydrogen-bond acceptors (Lipinski definition) is 1. The van der Waals surface area contributed by atoms with Crippen LogP contribution in [0, 0.1) is 0 Å². The number of benzene rings is 1. The fraction of sp³-hybridized carbons (Fsp3) is 0.417. The third-order valence-corrected chi connectivity index (χ3v) is 2.55. The van der Waals surface area contributed by atoms with E-state index in [9.17, 15) is 0 Å². The minimum absolute atomic E-state index is 0.431. The van der Waals surface area contributed by atoms with Gasteiger partial charge in [0.05, 0.1) is 0 Å². The summed E-state index contributed by atoms with van der Waals surface area (Å²) in [5.41, 5.74) is 1.24. The average Bonchev–Trinajstić information content (AvgIpc) is 2.27. The van der Waals surface area contributed by atoms with Crippen LogP contribution in [0.25, 0.3) is 0 Å². The van der Waals surface area contributed by atoms with Crippen molar-refractivity contribution in [3.05, 3.63) is 35.9 Å². The van der Waals surface area contributed by atoms with Gasteiger partial charge >= 0.3 is 0 Å². The number of rotatable bonds is 4. The molecule has 0 spiro atoms. The third-order valence-electron chi connectivity index (χ3n) is 2.29. The smallest absolute Gasteiger partial charge is 0.166 e. The highest BCUT2D eigenvalue weighted by atomic mass is 32.1. The van der Waals surface area contributed by atoms with Gasteiger partial charge in [0, 0.05) is 12.6 Å². The fourth-order valence-electron chi connectivity index (χ4n) is 1.16. The number of nitrogens with one attached hydrogen (secondary N) is 2. The average molecular weight is 222 g/mol. The summed E-state index contributed by atoms with van der Waals surface area (Å²) in [6.07, 6.45) is 1.08. The molecule has 15 heavy (non-hydrogen) atoms. The summed E-state index contributed by atoms with van der Waals surface area (Å²) < 4.78 is 0. The van der Waals surface area contributed by atoms with Crippen molar-refractivity contribution < 1.29 is 0 Å². The summed E-state index contributed by atoms with van der Waals surface area (Å²) in [7, 11) is 0. The van der Waals surface area contributed by atoms with E-state index in [2.05, 4.69) is 36.6 Å². The standard InChI is InChI=1S/C12H18N2S/c1-3-10(2)14-12(15)13-9-11-7-5-4-6-8-11/h4-8,10H,3,9H2,1-2H3,(H2,13,14,15). The van der Waals surface area contributed by atoms with Gasteiger partial charge in [0.1, 0.15) is 0 Å². The van der Waals surface area contributed by atoms with E-state index in [1.807, 2.05) is 18.2 Å². The molecule has 3 heteroatoms. The van der Waals surface area contributed by atoms with Crippen LogP contribution < -0.4 is 10.6 Å². The van der Waals surface area contributed by atoms with Crippen LogP contribution in [0.5, 0.6) is 0 Å². The van der Waals surface area contributed by atoms with Crippen molar-refractivity contribution in [2.24, 2.45) is 0 Å². The Bertz CT molecular complexity index is 298. The van der Waals surface area contributed by atoms with Gasteiger partial charge in [0.15, 0.2) is 5.11 Å². The number of thiocarbonyl (C=S) groups is 1. The maximum atomic E-state index is 5.17. The van der Waals surface area contributed by atoms with Crippen LogP contribution in [-0.2, 0) is 6.54 Å². The topological polar surface area (TPSA) is 24.1 Å². The summed E-state index contributed by atoms with van der Waals surface area (Å²) >= 11 is 5.17. The highest BCUT2D eigenvalue weighted by Gasteiger charge is 2.00. The molecular weight excluding hydrogens is 204 g/mol. The van der Waals surface area contributed by atoms with Crippen LogP contribution in [0.3, 0.4) is 0 Å². The summed E-state index contributed by atoms with van der Waals surface area (Å²) in [4.78, 5) is 0. The zero-order chi connectivity index (χ0) is 11.1. The highest BCUT2D eigenvalue weighted by molar-refractivity contribution is 7.80. The molecule has 0 bridgehead atoms. The highest BCUT2D eigenvalue weighted by Crippen LogP contribution is 1.97. The SMILES string of the molecule is CCC(C)NC(=S)NCc1ccccc1. The molecule has 1 aromatic rings. The van der Waals surface area contributed by atoms with Crippen molar-refractivity contribution >= 4 is 17.3 Å². The van der Waals surface area contributed by atoms with Gasteiger partial charge in [-0.05, 0) is 31.1 Å². The first-order valence-electron chi connectivity index (χ1n) is 5.30. The van der Waals surface area contributed by atoms with E-state index in [1.165, 1.54) is 5.56 Å². The van der Waals surface area contributed by atoms with Crippen molar-refractivity contribution in [3.63, 3.8) is 0 Å². The Labute approximate surface area is 97.1 Å². The Balaban J connectivity index is 2.29. The molecule has 0 saturated carbocycles. The summed E-state index contributed by atoms with van der Waals surface area (Å²) in [5, 5.41) is 7.13. The molecule has 0 aliphatic rings. The quantitative estimate of drug-likeness (QED) is 0.765. The lowest BCUT2D eigenvalue weighted by Crippen LogP contribution is -2.39. The summed E-state index contributed by atoms with van der Waals surface area (Å²) in [6, 6.07) is 10.7. The molecule has 0 aliphatic carbocycles. The van der Waals surface area contributed by atoms with E-state index < -0.39 is 0 Å². The molecule has 82 valence electrons. The Hall–Kier alpha value is -1.09. The Morgan fingerprint density at radius 1 is 1.33 bits per heavy atom. The van der Waals surface area contributed by atoms with Crippen LogP contribution in [0.4, 0.5) is 0 Å². The zero-order valence-corrected chi connectivity index (χ0v) is 10.1. The van der Waals surface area contributed by atoms with Gasteiger partial charge in [0.2, 0.25) is 0 Å². The van der Waals surface area contributed by atoms with Crippen LogP contribution in [0.1, 0.15) is 25.8 Å². The Morgan fingerprint density at radius 3 is 2.60 bits per heavy atom. The molecule has 0 aliphatic heterocycles. The molecule has 1 aromatic carbocycles. The molecule has 0 amide bonds. The second-order valence-electron chi connectivity index (χ2n) is 3.62. The molecule has 1 atom stereocenters. The Kier molecular flexibility index (Phi) is 5.12. The van der Waals surface area contributed by atoms with Gasteiger partial charge < -0.3 is 10.6 Å². The molecule has 1 rings (SSSR count). The van der Waals surface area contributed by atoms with E-state index in [0.717, 1.165) is 18.1 Å². The van der Waals surface area contributed by atoms with Crippen LogP contribution in [0.15, 0.2) is 30.3 Å². The lowest BCUT2D eigenvalue weighted by Gasteiger charge is -2.15. The minimum atomic E-state index is 0.431. The van der Waals surface area contributed by atoms with E-state index >= 15 is 0 Å². The summed E-state index contributed by atoms with van der Waals surface area (Å²) in [5.74, 6) is 0. The van der Waals surface area contributed by atoms with E-state index in [-0.39, 0.29) is 0 Å². The van der Waals surface area contributed by atoms with Gasteiger partial charge in [-0.2, -0.15) is 0 Å². The Morgan fingerprint density at radius 2 is 2.00 bits per heavy atom. The maximum Gasteiger partial charge on any atom is 0.166 e. The zero-order valence-electron chi connectivity index (χ0n) is 9.29. The normalized spacial score (nSPS) is 11.9. The molecule has 0 fully saturated rings. The molecular formula is C12H18N2S. The van der Waals surface area contributed by atoms with Crippen molar-refractivity contribution in [2.75, 3.05) is 0 Å². The predicted molar refractivity (Wildman–Crippen MR) is 68.8 cm³/mol. The van der Waals surface area contributed by atoms with Gasteiger partial charge in [-0.3, -0.25) is 0 Å². The van der Waals surface area contributed by atoms with Gasteiger partial charge in [-0.15, -0.1) is 0 Å². The fourth-order valence-corrected chi connectivity index (χ4v) is 1.43. The molecule has 2 nitrogen and oxygen atoms in total. The van der Waals surface area contributed by atoms with Crippen molar-refractivity contribution in [1.29, 1.82) is 0 Å². The van der Waals surface area contributed by atoms with Crippen molar-refractivity contribution in [3.8, 4) is 0 Å². The summed E-state index contributed by atoms with van der Waals surface area (Å²) in [6.45, 7) is 5.04. The first-order valence-corrected chi connectivity index (χ1v) is 5.71. The first kappa shape index (κ1) is 12.0. The van der Waals surface area contributed by atoms with Crippen LogP contribution >= 0.6 is 12.2 Å².